The molecule has 78 valence electrons. The quantitative estimate of drug-likeness (QED) is 0.752. The molecule has 1 aromatic carbocycles. The van der Waals surface area contributed by atoms with Gasteiger partial charge >= 0.3 is 0 Å². The van der Waals surface area contributed by atoms with E-state index in [1.165, 1.54) is 5.56 Å². The highest BCUT2D eigenvalue weighted by Gasteiger charge is 2.17. The number of rotatable bonds is 4. The molecule has 0 bridgehead atoms. The van der Waals surface area contributed by atoms with Gasteiger partial charge in [0.05, 0.1) is 6.67 Å². The maximum Gasteiger partial charge on any atom is 0.0899 e. The molecule has 1 rings (SSSR count). The first-order chi connectivity index (χ1) is 6.53. The molecule has 0 aliphatic rings. The van der Waals surface area contributed by atoms with Gasteiger partial charge in [0.1, 0.15) is 0 Å². The standard InChI is InChI=1S/C12H16BrF/c1-12(2,6-7-14)9-10-4-3-5-11(13)8-10/h3-5,8H,6-7,9H2,1-2H3. The van der Waals surface area contributed by atoms with Crippen LogP contribution in [0.5, 0.6) is 0 Å². The van der Waals surface area contributed by atoms with Crippen molar-refractivity contribution in [2.45, 2.75) is 26.7 Å². The lowest BCUT2D eigenvalue weighted by Gasteiger charge is -2.23. The molecular formula is C12H16BrF. The third kappa shape index (κ3) is 3.79. The van der Waals surface area contributed by atoms with E-state index in [1.54, 1.807) is 0 Å². The van der Waals surface area contributed by atoms with E-state index in [1.807, 2.05) is 12.1 Å². The van der Waals surface area contributed by atoms with Gasteiger partial charge in [-0.3, -0.25) is 4.39 Å². The molecule has 0 N–H and O–H groups in total. The summed E-state index contributed by atoms with van der Waals surface area (Å²) in [5, 5.41) is 0. The van der Waals surface area contributed by atoms with Crippen LogP contribution in [0.1, 0.15) is 25.8 Å². The Morgan fingerprint density at radius 2 is 2.07 bits per heavy atom. The number of benzene rings is 1. The number of alkyl halides is 1. The summed E-state index contributed by atoms with van der Waals surface area (Å²) >= 11 is 3.43. The van der Waals surface area contributed by atoms with Crippen molar-refractivity contribution < 1.29 is 4.39 Å². The van der Waals surface area contributed by atoms with E-state index in [0.29, 0.717) is 6.42 Å². The summed E-state index contributed by atoms with van der Waals surface area (Å²) in [6, 6.07) is 8.21. The number of hydrogen-bond acceptors (Lipinski definition) is 0. The predicted molar refractivity (Wildman–Crippen MR) is 62.2 cm³/mol. The van der Waals surface area contributed by atoms with Gasteiger partial charge in [0.15, 0.2) is 0 Å². The van der Waals surface area contributed by atoms with Gasteiger partial charge in [0.25, 0.3) is 0 Å². The van der Waals surface area contributed by atoms with Crippen molar-refractivity contribution in [1.82, 2.24) is 0 Å². The maximum absolute atomic E-state index is 12.3. The van der Waals surface area contributed by atoms with Crippen LogP contribution in [0.15, 0.2) is 28.7 Å². The van der Waals surface area contributed by atoms with Gasteiger partial charge in [0, 0.05) is 4.47 Å². The Kier molecular flexibility index (Phi) is 4.11. The zero-order chi connectivity index (χ0) is 10.6. The van der Waals surface area contributed by atoms with Crippen LogP contribution in [-0.4, -0.2) is 6.67 Å². The van der Waals surface area contributed by atoms with Gasteiger partial charge in [-0.25, -0.2) is 0 Å². The number of hydrogen-bond donors (Lipinski definition) is 0. The molecule has 0 saturated carbocycles. The molecule has 2 heteroatoms. The van der Waals surface area contributed by atoms with Crippen LogP contribution in [0.4, 0.5) is 4.39 Å². The fraction of sp³-hybridized carbons (Fsp3) is 0.500. The van der Waals surface area contributed by atoms with E-state index < -0.39 is 0 Å². The average molecular weight is 259 g/mol. The normalized spacial score (nSPS) is 11.7. The first-order valence-electron chi connectivity index (χ1n) is 4.84. The minimum atomic E-state index is -0.235. The van der Waals surface area contributed by atoms with Crippen molar-refractivity contribution in [3.63, 3.8) is 0 Å². The van der Waals surface area contributed by atoms with Crippen LogP contribution >= 0.6 is 15.9 Å². The molecule has 0 aromatic heterocycles. The lowest BCUT2D eigenvalue weighted by Crippen LogP contribution is -2.15. The van der Waals surface area contributed by atoms with Crippen molar-refractivity contribution in [3.05, 3.63) is 34.3 Å². The lowest BCUT2D eigenvalue weighted by molar-refractivity contribution is 0.286. The fourth-order valence-electron chi connectivity index (χ4n) is 1.54. The molecule has 1 aromatic rings. The molecule has 0 spiro atoms. The van der Waals surface area contributed by atoms with Crippen LogP contribution in [0.2, 0.25) is 0 Å². The minimum Gasteiger partial charge on any atom is -0.251 e. The highest BCUT2D eigenvalue weighted by molar-refractivity contribution is 9.10. The van der Waals surface area contributed by atoms with Crippen molar-refractivity contribution in [1.29, 1.82) is 0 Å². The third-order valence-electron chi connectivity index (χ3n) is 2.34. The van der Waals surface area contributed by atoms with E-state index in [-0.39, 0.29) is 12.1 Å². The van der Waals surface area contributed by atoms with Gasteiger partial charge in [-0.05, 0) is 36.0 Å². The SMILES string of the molecule is CC(C)(CCF)Cc1cccc(Br)c1. The Balaban J connectivity index is 2.68. The van der Waals surface area contributed by atoms with Crippen LogP contribution < -0.4 is 0 Å². The zero-order valence-electron chi connectivity index (χ0n) is 8.69. The monoisotopic (exact) mass is 258 g/mol. The Morgan fingerprint density at radius 1 is 1.36 bits per heavy atom. The second-order valence-corrected chi connectivity index (χ2v) is 5.33. The molecule has 0 saturated heterocycles. The Labute approximate surface area is 93.7 Å². The van der Waals surface area contributed by atoms with Gasteiger partial charge in [-0.2, -0.15) is 0 Å². The van der Waals surface area contributed by atoms with E-state index >= 15 is 0 Å². The van der Waals surface area contributed by atoms with Crippen molar-refractivity contribution in [2.75, 3.05) is 6.67 Å². The molecule has 0 radical (unpaired) electrons. The van der Waals surface area contributed by atoms with Crippen LogP contribution in [0.3, 0.4) is 0 Å². The van der Waals surface area contributed by atoms with E-state index in [2.05, 4.69) is 41.9 Å². The average Bonchev–Trinajstić information content (AvgIpc) is 2.02. The fourth-order valence-corrected chi connectivity index (χ4v) is 1.99. The minimum absolute atomic E-state index is 0.0511. The van der Waals surface area contributed by atoms with Crippen molar-refractivity contribution >= 4 is 15.9 Å². The first kappa shape index (κ1) is 11.7. The van der Waals surface area contributed by atoms with E-state index in [4.69, 9.17) is 0 Å². The summed E-state index contributed by atoms with van der Waals surface area (Å²) in [7, 11) is 0. The smallest absolute Gasteiger partial charge is 0.0899 e. The van der Waals surface area contributed by atoms with Gasteiger partial charge in [0.2, 0.25) is 0 Å². The van der Waals surface area contributed by atoms with Crippen molar-refractivity contribution in [2.24, 2.45) is 5.41 Å². The molecule has 0 unspecified atom stereocenters. The number of halogens is 2. The third-order valence-corrected chi connectivity index (χ3v) is 2.84. The highest BCUT2D eigenvalue weighted by Crippen LogP contribution is 2.27. The van der Waals surface area contributed by atoms with Crippen LogP contribution in [-0.2, 0) is 6.42 Å². The second-order valence-electron chi connectivity index (χ2n) is 4.41. The van der Waals surface area contributed by atoms with E-state index in [9.17, 15) is 4.39 Å². The molecular weight excluding hydrogens is 243 g/mol. The Hall–Kier alpha value is -0.370. The molecule has 0 aliphatic carbocycles. The molecule has 14 heavy (non-hydrogen) atoms. The summed E-state index contributed by atoms with van der Waals surface area (Å²) in [6.45, 7) is 3.97. The van der Waals surface area contributed by atoms with Gasteiger partial charge in [-0.1, -0.05) is 41.9 Å². The predicted octanol–water partition coefficient (Wildman–Crippen LogP) is 4.38. The molecule has 0 amide bonds. The van der Waals surface area contributed by atoms with Crippen LogP contribution in [0.25, 0.3) is 0 Å². The summed E-state index contributed by atoms with van der Waals surface area (Å²) in [5.41, 5.74) is 1.31. The topological polar surface area (TPSA) is 0 Å². The van der Waals surface area contributed by atoms with Crippen molar-refractivity contribution in [3.8, 4) is 0 Å². The summed E-state index contributed by atoms with van der Waals surface area (Å²) < 4.78 is 13.4. The zero-order valence-corrected chi connectivity index (χ0v) is 10.3. The Morgan fingerprint density at radius 3 is 2.64 bits per heavy atom. The first-order valence-corrected chi connectivity index (χ1v) is 5.63. The summed E-state index contributed by atoms with van der Waals surface area (Å²) in [4.78, 5) is 0. The van der Waals surface area contributed by atoms with Gasteiger partial charge in [-0.15, -0.1) is 0 Å². The highest BCUT2D eigenvalue weighted by atomic mass is 79.9. The molecule has 0 atom stereocenters. The van der Waals surface area contributed by atoms with E-state index in [0.717, 1.165) is 10.9 Å². The summed E-state index contributed by atoms with van der Waals surface area (Å²) in [5.74, 6) is 0. The second kappa shape index (κ2) is 4.92. The summed E-state index contributed by atoms with van der Waals surface area (Å²) in [6.07, 6.45) is 1.55. The lowest BCUT2D eigenvalue weighted by atomic mass is 9.83. The van der Waals surface area contributed by atoms with Gasteiger partial charge < -0.3 is 0 Å². The molecule has 0 aliphatic heterocycles. The Bertz CT molecular complexity index is 294. The largest absolute Gasteiger partial charge is 0.251 e. The molecule has 0 nitrogen and oxygen atoms in total. The molecule has 0 fully saturated rings. The molecule has 0 heterocycles. The maximum atomic E-state index is 12.3. The van der Waals surface area contributed by atoms with Crippen LogP contribution in [0, 0.1) is 5.41 Å².